The number of hydrogen-bond donors (Lipinski definition) is 3. The van der Waals surface area contributed by atoms with Crippen LogP contribution in [-0.4, -0.2) is 16.7 Å². The van der Waals surface area contributed by atoms with Crippen molar-refractivity contribution < 1.29 is 9.59 Å². The van der Waals surface area contributed by atoms with Gasteiger partial charge in [-0.1, -0.05) is 48.5 Å². The monoisotopic (exact) mass is 383 g/mol. The highest BCUT2D eigenvalue weighted by Gasteiger charge is 2.24. The second-order valence-corrected chi connectivity index (χ2v) is 6.86. The summed E-state index contributed by atoms with van der Waals surface area (Å²) < 4.78 is 0. The van der Waals surface area contributed by atoms with Crippen LogP contribution in [0.1, 0.15) is 28.9 Å². The van der Waals surface area contributed by atoms with E-state index in [0.717, 1.165) is 22.2 Å². The summed E-state index contributed by atoms with van der Waals surface area (Å²) in [6.45, 7) is 1.47. The van der Waals surface area contributed by atoms with Crippen LogP contribution in [0.25, 0.3) is 10.9 Å². The highest BCUT2D eigenvalue weighted by molar-refractivity contribution is 6.11. The van der Waals surface area contributed by atoms with E-state index in [1.165, 1.54) is 6.92 Å². The van der Waals surface area contributed by atoms with Gasteiger partial charge in [-0.25, -0.2) is 0 Å². The molecular formula is C24H21N3O2. The zero-order valence-electron chi connectivity index (χ0n) is 16.0. The molecule has 1 aromatic heterocycles. The summed E-state index contributed by atoms with van der Waals surface area (Å²) in [4.78, 5) is 27.9. The molecule has 0 saturated carbocycles. The van der Waals surface area contributed by atoms with Gasteiger partial charge in [0.15, 0.2) is 5.78 Å². The number of fused-ring (bicyclic) bond motifs is 1. The Morgan fingerprint density at radius 3 is 2.21 bits per heavy atom. The number of anilines is 2. The van der Waals surface area contributed by atoms with E-state index in [1.807, 2.05) is 78.9 Å². The van der Waals surface area contributed by atoms with Gasteiger partial charge in [-0.2, -0.15) is 0 Å². The van der Waals surface area contributed by atoms with Crippen molar-refractivity contribution in [2.24, 2.45) is 0 Å². The Morgan fingerprint density at radius 1 is 0.828 bits per heavy atom. The number of hydrogen-bond acceptors (Lipinski definition) is 3. The molecule has 0 aliphatic rings. The maximum Gasteiger partial charge on any atom is 0.221 e. The molecule has 1 amide bonds. The number of ketones is 1. The number of aromatic nitrogens is 1. The summed E-state index contributed by atoms with van der Waals surface area (Å²) >= 11 is 0. The number of benzene rings is 3. The van der Waals surface area contributed by atoms with Gasteiger partial charge in [0.25, 0.3) is 0 Å². The van der Waals surface area contributed by atoms with Crippen LogP contribution < -0.4 is 10.6 Å². The van der Waals surface area contributed by atoms with Gasteiger partial charge >= 0.3 is 0 Å². The summed E-state index contributed by atoms with van der Waals surface area (Å²) in [7, 11) is 0. The Bertz CT molecular complexity index is 1150. The number of H-pyrrole nitrogens is 1. The van der Waals surface area contributed by atoms with E-state index < -0.39 is 6.04 Å². The van der Waals surface area contributed by atoms with E-state index in [2.05, 4.69) is 15.6 Å². The molecule has 29 heavy (non-hydrogen) atoms. The Hall–Kier alpha value is -3.86. The smallest absolute Gasteiger partial charge is 0.221 e. The third-order valence-corrected chi connectivity index (χ3v) is 4.77. The average molecular weight is 383 g/mol. The molecule has 0 spiro atoms. The number of carbonyl (C=O) groups is 2. The second kappa shape index (κ2) is 8.02. The molecule has 3 aromatic carbocycles. The average Bonchev–Trinajstić information content (AvgIpc) is 3.17. The second-order valence-electron chi connectivity index (χ2n) is 6.86. The van der Waals surface area contributed by atoms with Crippen molar-refractivity contribution >= 4 is 34.0 Å². The molecule has 4 rings (SSSR count). The van der Waals surface area contributed by atoms with Crippen LogP contribution in [0, 0.1) is 0 Å². The molecule has 4 aromatic rings. The minimum Gasteiger partial charge on any atom is -0.371 e. The summed E-state index contributed by atoms with van der Waals surface area (Å²) in [6, 6.07) is 24.2. The van der Waals surface area contributed by atoms with Crippen molar-refractivity contribution in [2.45, 2.75) is 13.0 Å². The zero-order valence-corrected chi connectivity index (χ0v) is 16.0. The van der Waals surface area contributed by atoms with E-state index in [4.69, 9.17) is 0 Å². The first-order valence-corrected chi connectivity index (χ1v) is 9.41. The molecule has 1 atom stereocenters. The molecular weight excluding hydrogens is 362 g/mol. The highest BCUT2D eigenvalue weighted by Crippen LogP contribution is 2.28. The molecule has 0 saturated heterocycles. The van der Waals surface area contributed by atoms with E-state index in [1.54, 1.807) is 6.20 Å². The van der Waals surface area contributed by atoms with Crippen LogP contribution in [-0.2, 0) is 4.79 Å². The molecule has 0 bridgehead atoms. The van der Waals surface area contributed by atoms with Crippen molar-refractivity contribution in [3.8, 4) is 0 Å². The van der Waals surface area contributed by atoms with Crippen LogP contribution in [0.3, 0.4) is 0 Å². The van der Waals surface area contributed by atoms with Gasteiger partial charge in [0.2, 0.25) is 5.91 Å². The van der Waals surface area contributed by atoms with Crippen molar-refractivity contribution in [1.82, 2.24) is 4.98 Å². The lowest BCUT2D eigenvalue weighted by molar-refractivity contribution is -0.114. The van der Waals surface area contributed by atoms with Gasteiger partial charge < -0.3 is 15.6 Å². The normalized spacial score (nSPS) is 11.8. The predicted octanol–water partition coefficient (Wildman–Crippen LogP) is 5.16. The third kappa shape index (κ3) is 4.04. The minimum absolute atomic E-state index is 0.0143. The lowest BCUT2D eigenvalue weighted by atomic mass is 9.96. The number of nitrogens with one attached hydrogen (secondary N) is 3. The maximum atomic E-state index is 13.5. The van der Waals surface area contributed by atoms with Crippen molar-refractivity contribution in [2.75, 3.05) is 10.6 Å². The van der Waals surface area contributed by atoms with E-state index in [-0.39, 0.29) is 11.7 Å². The molecule has 144 valence electrons. The van der Waals surface area contributed by atoms with Crippen LogP contribution in [0.15, 0.2) is 85.1 Å². The molecule has 0 radical (unpaired) electrons. The maximum absolute atomic E-state index is 13.5. The lowest BCUT2D eigenvalue weighted by Gasteiger charge is -2.19. The van der Waals surface area contributed by atoms with Gasteiger partial charge in [0.05, 0.1) is 0 Å². The van der Waals surface area contributed by atoms with Crippen LogP contribution in [0.2, 0.25) is 0 Å². The molecule has 5 nitrogen and oxygen atoms in total. The number of amides is 1. The third-order valence-electron chi connectivity index (χ3n) is 4.77. The standard InChI is InChI=1S/C24H21N3O2/c1-16(28)26-18-11-13-19(14-12-18)27-23(17-7-3-2-4-8-17)24(29)21-15-25-22-10-6-5-9-20(21)22/h2-15,23,25,27H,1H3,(H,26,28). The predicted molar refractivity (Wildman–Crippen MR) is 116 cm³/mol. The summed E-state index contributed by atoms with van der Waals surface area (Å²) in [5.74, 6) is -0.137. The van der Waals surface area contributed by atoms with Crippen LogP contribution >= 0.6 is 0 Å². The van der Waals surface area contributed by atoms with Gasteiger partial charge in [-0.05, 0) is 35.9 Å². The summed E-state index contributed by atoms with van der Waals surface area (Å²) in [6.07, 6.45) is 1.77. The minimum atomic E-state index is -0.540. The summed E-state index contributed by atoms with van der Waals surface area (Å²) in [5.41, 5.74) is 3.97. The molecule has 0 aliphatic heterocycles. The molecule has 5 heteroatoms. The van der Waals surface area contributed by atoms with E-state index >= 15 is 0 Å². The number of carbonyl (C=O) groups excluding carboxylic acids is 2. The number of para-hydroxylation sites is 1. The fraction of sp³-hybridized carbons (Fsp3) is 0.0833. The number of rotatable bonds is 6. The van der Waals surface area contributed by atoms with Gasteiger partial charge in [-0.3, -0.25) is 9.59 Å². The van der Waals surface area contributed by atoms with Crippen molar-refractivity contribution in [3.63, 3.8) is 0 Å². The molecule has 0 aliphatic carbocycles. The molecule has 0 fully saturated rings. The SMILES string of the molecule is CC(=O)Nc1ccc(NC(C(=O)c2c[nH]c3ccccc23)c2ccccc2)cc1. The van der Waals surface area contributed by atoms with E-state index in [0.29, 0.717) is 11.3 Å². The van der Waals surface area contributed by atoms with Gasteiger partial charge in [-0.15, -0.1) is 0 Å². The first-order chi connectivity index (χ1) is 14.1. The fourth-order valence-electron chi connectivity index (χ4n) is 3.40. The van der Waals surface area contributed by atoms with E-state index in [9.17, 15) is 9.59 Å². The molecule has 3 N–H and O–H groups in total. The first-order valence-electron chi connectivity index (χ1n) is 9.41. The Morgan fingerprint density at radius 2 is 1.48 bits per heavy atom. The number of aromatic amines is 1. The molecule has 1 unspecified atom stereocenters. The highest BCUT2D eigenvalue weighted by atomic mass is 16.1. The fourth-order valence-corrected chi connectivity index (χ4v) is 3.40. The Labute approximate surface area is 168 Å². The Kier molecular flexibility index (Phi) is 5.12. The largest absolute Gasteiger partial charge is 0.371 e. The molecule has 1 heterocycles. The van der Waals surface area contributed by atoms with Crippen LogP contribution in [0.4, 0.5) is 11.4 Å². The van der Waals surface area contributed by atoms with Crippen molar-refractivity contribution in [1.29, 1.82) is 0 Å². The summed E-state index contributed by atoms with van der Waals surface area (Å²) in [5, 5.41) is 7.00. The first kappa shape index (κ1) is 18.5. The zero-order chi connectivity index (χ0) is 20.2. The Balaban J connectivity index is 1.67. The van der Waals surface area contributed by atoms with Gasteiger partial charge in [0, 0.05) is 41.0 Å². The van der Waals surface area contributed by atoms with Crippen LogP contribution in [0.5, 0.6) is 0 Å². The topological polar surface area (TPSA) is 74.0 Å². The lowest BCUT2D eigenvalue weighted by Crippen LogP contribution is -2.21. The van der Waals surface area contributed by atoms with Gasteiger partial charge in [0.1, 0.15) is 6.04 Å². The van der Waals surface area contributed by atoms with Crippen molar-refractivity contribution in [3.05, 3.63) is 96.2 Å². The number of Topliss-reactive ketones (excluding diaryl/α,β-unsaturated/α-hetero) is 1. The quantitative estimate of drug-likeness (QED) is 0.403.